The normalized spacial score (nSPS) is 11.6. The quantitative estimate of drug-likeness (QED) is 0.479. The van der Waals surface area contributed by atoms with Gasteiger partial charge in [0, 0.05) is 38.4 Å². The Morgan fingerprint density at radius 2 is 1.89 bits per heavy atom. The lowest BCUT2D eigenvalue weighted by Crippen LogP contribution is -2.47. The average molecular weight is 389 g/mol. The Kier molecular flexibility index (Phi) is 7.08. The summed E-state index contributed by atoms with van der Waals surface area (Å²) in [5.74, 6) is -2.29. The van der Waals surface area contributed by atoms with Crippen molar-refractivity contribution in [1.82, 2.24) is 25.7 Å². The Labute approximate surface area is 161 Å². The van der Waals surface area contributed by atoms with Crippen molar-refractivity contribution in [2.24, 2.45) is 0 Å². The number of para-hydroxylation sites is 1. The van der Waals surface area contributed by atoms with Gasteiger partial charge in [-0.05, 0) is 13.0 Å². The molecule has 10 heteroatoms. The number of nitrogens with zero attached hydrogens (tertiary/aromatic N) is 2. The minimum atomic E-state index is -1.15. The van der Waals surface area contributed by atoms with Crippen molar-refractivity contribution in [1.29, 1.82) is 0 Å². The second kappa shape index (κ2) is 9.49. The van der Waals surface area contributed by atoms with Gasteiger partial charge >= 0.3 is 5.97 Å². The van der Waals surface area contributed by atoms with E-state index in [1.807, 2.05) is 6.07 Å². The number of aliphatic carboxylic acids is 1. The zero-order chi connectivity index (χ0) is 20.7. The van der Waals surface area contributed by atoms with E-state index in [2.05, 4.69) is 20.8 Å². The van der Waals surface area contributed by atoms with Crippen LogP contribution in [0, 0.1) is 0 Å². The lowest BCUT2D eigenvalue weighted by atomic mass is 10.2. The first-order chi connectivity index (χ1) is 13.3. The molecule has 0 aliphatic carbocycles. The van der Waals surface area contributed by atoms with Crippen molar-refractivity contribution >= 4 is 34.6 Å². The third-order valence-corrected chi connectivity index (χ3v) is 4.18. The van der Waals surface area contributed by atoms with E-state index in [-0.39, 0.29) is 37.7 Å². The van der Waals surface area contributed by atoms with Gasteiger partial charge in [0.15, 0.2) is 5.69 Å². The third kappa shape index (κ3) is 5.29. The molecule has 1 aromatic heterocycles. The van der Waals surface area contributed by atoms with Crippen LogP contribution in [0.2, 0.25) is 0 Å². The van der Waals surface area contributed by atoms with E-state index in [1.54, 1.807) is 18.2 Å². The monoisotopic (exact) mass is 389 g/mol. The summed E-state index contributed by atoms with van der Waals surface area (Å²) in [6.07, 6.45) is -0.0776. The highest BCUT2D eigenvalue weighted by molar-refractivity contribution is 6.04. The molecule has 2 rings (SSSR count). The number of carboxylic acids is 1. The van der Waals surface area contributed by atoms with E-state index in [4.69, 9.17) is 0 Å². The first kappa shape index (κ1) is 20.9. The van der Waals surface area contributed by atoms with Crippen molar-refractivity contribution in [3.05, 3.63) is 30.0 Å². The lowest BCUT2D eigenvalue weighted by molar-refractivity contribution is -0.149. The topological polar surface area (TPSA) is 144 Å². The Morgan fingerprint density at radius 3 is 2.57 bits per heavy atom. The van der Waals surface area contributed by atoms with E-state index in [0.717, 1.165) is 10.4 Å². The van der Waals surface area contributed by atoms with E-state index in [9.17, 15) is 24.3 Å². The van der Waals surface area contributed by atoms with Crippen molar-refractivity contribution < 1.29 is 24.3 Å². The molecule has 0 saturated carbocycles. The Bertz CT molecular complexity index is 878. The fourth-order valence-corrected chi connectivity index (χ4v) is 2.67. The molecule has 1 aromatic carbocycles. The van der Waals surface area contributed by atoms with Crippen molar-refractivity contribution in [3.63, 3.8) is 0 Å². The molecule has 0 radical (unpaired) electrons. The molecule has 2 aromatic rings. The Morgan fingerprint density at radius 1 is 1.18 bits per heavy atom. The molecular weight excluding hydrogens is 366 g/mol. The maximum atomic E-state index is 12.4. The molecule has 0 aliphatic rings. The molecule has 150 valence electrons. The Hall–Kier alpha value is -3.43. The molecule has 1 heterocycles. The number of carbonyl (C=O) groups excluding carboxylic acids is 3. The van der Waals surface area contributed by atoms with Crippen LogP contribution in [0.5, 0.6) is 0 Å². The minimum Gasteiger partial charge on any atom is -0.480 e. The second-order valence-corrected chi connectivity index (χ2v) is 6.21. The van der Waals surface area contributed by atoms with Gasteiger partial charge in [-0.25, -0.2) is 4.79 Å². The van der Waals surface area contributed by atoms with Gasteiger partial charge in [0.05, 0.1) is 5.52 Å². The van der Waals surface area contributed by atoms with Crippen LogP contribution in [0.4, 0.5) is 0 Å². The van der Waals surface area contributed by atoms with Gasteiger partial charge in [-0.2, -0.15) is 5.10 Å². The standard InChI is InChI=1S/C18H23N5O5/c1-11(18(27)28)23(10-9-19-12(2)24)15(25)7-8-20-17(26)16-13-5-3-4-6-14(13)21-22-16/h3-6,11H,7-10H2,1-2H3,(H,19,24)(H,20,26)(H,21,22)(H,27,28). The Balaban J connectivity index is 1.92. The number of hydrogen-bond donors (Lipinski definition) is 4. The molecule has 28 heavy (non-hydrogen) atoms. The molecule has 0 bridgehead atoms. The van der Waals surface area contributed by atoms with E-state index >= 15 is 0 Å². The number of amides is 3. The van der Waals surface area contributed by atoms with Gasteiger partial charge in [-0.1, -0.05) is 18.2 Å². The minimum absolute atomic E-state index is 0.0296. The summed E-state index contributed by atoms with van der Waals surface area (Å²) in [5.41, 5.74) is 0.952. The molecule has 4 N–H and O–H groups in total. The van der Waals surface area contributed by atoms with Crippen molar-refractivity contribution in [3.8, 4) is 0 Å². The second-order valence-electron chi connectivity index (χ2n) is 6.21. The number of carbonyl (C=O) groups is 4. The first-order valence-electron chi connectivity index (χ1n) is 8.79. The van der Waals surface area contributed by atoms with Crippen LogP contribution in [-0.4, -0.2) is 69.6 Å². The summed E-state index contributed by atoms with van der Waals surface area (Å²) in [7, 11) is 0. The highest BCUT2D eigenvalue weighted by Crippen LogP contribution is 2.14. The fourth-order valence-electron chi connectivity index (χ4n) is 2.67. The van der Waals surface area contributed by atoms with Gasteiger partial charge in [0.2, 0.25) is 11.8 Å². The predicted molar refractivity (Wildman–Crippen MR) is 101 cm³/mol. The van der Waals surface area contributed by atoms with E-state index < -0.39 is 23.8 Å². The zero-order valence-corrected chi connectivity index (χ0v) is 15.7. The van der Waals surface area contributed by atoms with Gasteiger partial charge in [-0.3, -0.25) is 19.5 Å². The predicted octanol–water partition coefficient (Wildman–Crippen LogP) is 0.121. The number of carboxylic acid groups (broad SMARTS) is 1. The largest absolute Gasteiger partial charge is 0.480 e. The van der Waals surface area contributed by atoms with Gasteiger partial charge in [0.25, 0.3) is 5.91 Å². The summed E-state index contributed by atoms with van der Waals surface area (Å²) in [4.78, 5) is 48.1. The number of nitrogens with one attached hydrogen (secondary N) is 3. The van der Waals surface area contributed by atoms with Crippen LogP contribution in [0.3, 0.4) is 0 Å². The summed E-state index contributed by atoms with van der Waals surface area (Å²) in [6, 6.07) is 6.12. The van der Waals surface area contributed by atoms with Crippen LogP contribution in [0.25, 0.3) is 10.9 Å². The van der Waals surface area contributed by atoms with Crippen LogP contribution in [0.1, 0.15) is 30.8 Å². The molecular formula is C18H23N5O5. The summed E-state index contributed by atoms with van der Waals surface area (Å²) in [6.45, 7) is 2.96. The summed E-state index contributed by atoms with van der Waals surface area (Å²) >= 11 is 0. The van der Waals surface area contributed by atoms with Crippen LogP contribution < -0.4 is 10.6 Å². The number of H-pyrrole nitrogens is 1. The number of fused-ring (bicyclic) bond motifs is 1. The molecule has 10 nitrogen and oxygen atoms in total. The number of rotatable bonds is 9. The lowest BCUT2D eigenvalue weighted by Gasteiger charge is -2.26. The first-order valence-corrected chi connectivity index (χ1v) is 8.79. The summed E-state index contributed by atoms with van der Waals surface area (Å²) < 4.78 is 0. The molecule has 0 spiro atoms. The number of aromatic amines is 1. The molecule has 0 aliphatic heterocycles. The third-order valence-electron chi connectivity index (χ3n) is 4.18. The zero-order valence-electron chi connectivity index (χ0n) is 15.7. The molecule has 1 atom stereocenters. The molecule has 0 saturated heterocycles. The maximum Gasteiger partial charge on any atom is 0.326 e. The van der Waals surface area contributed by atoms with Crippen LogP contribution in [0.15, 0.2) is 24.3 Å². The smallest absolute Gasteiger partial charge is 0.326 e. The van der Waals surface area contributed by atoms with E-state index in [1.165, 1.54) is 13.8 Å². The van der Waals surface area contributed by atoms with Gasteiger partial charge in [0.1, 0.15) is 6.04 Å². The van der Waals surface area contributed by atoms with Gasteiger partial charge in [-0.15, -0.1) is 0 Å². The van der Waals surface area contributed by atoms with Gasteiger partial charge < -0.3 is 20.6 Å². The van der Waals surface area contributed by atoms with Crippen LogP contribution >= 0.6 is 0 Å². The average Bonchev–Trinajstić information content (AvgIpc) is 3.08. The number of aromatic nitrogens is 2. The van der Waals surface area contributed by atoms with Crippen LogP contribution in [-0.2, 0) is 14.4 Å². The van der Waals surface area contributed by atoms with E-state index in [0.29, 0.717) is 5.39 Å². The van der Waals surface area contributed by atoms with Crippen molar-refractivity contribution in [2.45, 2.75) is 26.3 Å². The fraction of sp³-hybridized carbons (Fsp3) is 0.389. The number of hydrogen-bond acceptors (Lipinski definition) is 5. The molecule has 1 unspecified atom stereocenters. The van der Waals surface area contributed by atoms with Crippen molar-refractivity contribution in [2.75, 3.05) is 19.6 Å². The SMILES string of the molecule is CC(=O)NCCN(C(=O)CCNC(=O)c1n[nH]c2ccccc12)C(C)C(=O)O. The molecule has 3 amide bonds. The summed E-state index contributed by atoms with van der Waals surface area (Å²) in [5, 5.41) is 21.7. The highest BCUT2D eigenvalue weighted by atomic mass is 16.4. The molecule has 0 fully saturated rings. The highest BCUT2D eigenvalue weighted by Gasteiger charge is 2.25. The number of benzene rings is 1. The maximum absolute atomic E-state index is 12.4.